The molecule has 2 amide bonds. The first-order valence-corrected chi connectivity index (χ1v) is 8.70. The van der Waals surface area contributed by atoms with Crippen LogP contribution in [0.4, 0.5) is 5.69 Å². The number of likely N-dealkylation sites (tertiary alicyclic amines) is 1. The molecule has 3 aliphatic rings. The number of piperidine rings is 1. The molecule has 2 fully saturated rings. The van der Waals surface area contributed by atoms with Gasteiger partial charge in [0.2, 0.25) is 11.8 Å². The van der Waals surface area contributed by atoms with Gasteiger partial charge in [0.25, 0.3) is 0 Å². The SMILES string of the molecule is O=C(C[C@@H]1CNCCO1)N1CCC2(CC1)C(=O)Nc1ccccc12. The second-order valence-corrected chi connectivity index (χ2v) is 6.86. The van der Waals surface area contributed by atoms with Gasteiger partial charge in [-0.3, -0.25) is 9.59 Å². The van der Waals surface area contributed by atoms with Crippen molar-refractivity contribution in [2.24, 2.45) is 0 Å². The topological polar surface area (TPSA) is 70.7 Å². The lowest BCUT2D eigenvalue weighted by atomic mass is 9.73. The van der Waals surface area contributed by atoms with Gasteiger partial charge in [-0.2, -0.15) is 0 Å². The van der Waals surface area contributed by atoms with Crippen molar-refractivity contribution in [3.05, 3.63) is 29.8 Å². The summed E-state index contributed by atoms with van der Waals surface area (Å²) < 4.78 is 5.62. The molecule has 6 heteroatoms. The molecule has 0 aromatic heterocycles. The van der Waals surface area contributed by atoms with Crippen LogP contribution in [-0.2, 0) is 19.7 Å². The molecule has 24 heavy (non-hydrogen) atoms. The van der Waals surface area contributed by atoms with E-state index in [1.54, 1.807) is 0 Å². The average Bonchev–Trinajstić information content (AvgIpc) is 2.88. The minimum absolute atomic E-state index is 0.0300. The molecular formula is C18H23N3O3. The summed E-state index contributed by atoms with van der Waals surface area (Å²) in [4.78, 5) is 27.0. The third kappa shape index (κ3) is 2.59. The van der Waals surface area contributed by atoms with Crippen molar-refractivity contribution in [1.29, 1.82) is 0 Å². The maximum absolute atomic E-state index is 12.6. The standard InChI is InChI=1S/C18H23N3O3/c22-16(11-13-12-19-7-10-24-13)21-8-5-18(6-9-21)14-3-1-2-4-15(14)20-17(18)23/h1-4,13,19H,5-12H2,(H,20,23)/t13-/m1/s1. The molecule has 0 saturated carbocycles. The van der Waals surface area contributed by atoms with Crippen LogP contribution in [-0.4, -0.2) is 55.6 Å². The number of para-hydroxylation sites is 1. The summed E-state index contributed by atoms with van der Waals surface area (Å²) in [6.07, 6.45) is 1.76. The summed E-state index contributed by atoms with van der Waals surface area (Å²) in [6.45, 7) is 3.50. The lowest BCUT2D eigenvalue weighted by Crippen LogP contribution is -2.49. The van der Waals surface area contributed by atoms with Gasteiger partial charge >= 0.3 is 0 Å². The summed E-state index contributed by atoms with van der Waals surface area (Å²) in [5.41, 5.74) is 1.54. The lowest BCUT2D eigenvalue weighted by molar-refractivity contribution is -0.138. The van der Waals surface area contributed by atoms with Crippen molar-refractivity contribution >= 4 is 17.5 Å². The quantitative estimate of drug-likeness (QED) is 0.845. The molecule has 6 nitrogen and oxygen atoms in total. The summed E-state index contributed by atoms with van der Waals surface area (Å²) in [6, 6.07) is 7.90. The van der Waals surface area contributed by atoms with Gasteiger partial charge in [0.15, 0.2) is 0 Å². The molecule has 0 aliphatic carbocycles. The third-order valence-corrected chi connectivity index (χ3v) is 5.50. The number of hydrogen-bond acceptors (Lipinski definition) is 4. The molecule has 0 radical (unpaired) electrons. The van der Waals surface area contributed by atoms with Crippen LogP contribution in [0.5, 0.6) is 0 Å². The maximum atomic E-state index is 12.6. The molecule has 1 aromatic carbocycles. The number of ether oxygens (including phenoxy) is 1. The fraction of sp³-hybridized carbons (Fsp3) is 0.556. The van der Waals surface area contributed by atoms with Gasteiger partial charge in [0.1, 0.15) is 0 Å². The van der Waals surface area contributed by atoms with Crippen molar-refractivity contribution in [1.82, 2.24) is 10.2 Å². The van der Waals surface area contributed by atoms with E-state index in [0.29, 0.717) is 39.0 Å². The largest absolute Gasteiger partial charge is 0.375 e. The van der Waals surface area contributed by atoms with Gasteiger partial charge < -0.3 is 20.3 Å². The summed E-state index contributed by atoms with van der Waals surface area (Å²) >= 11 is 0. The van der Waals surface area contributed by atoms with Crippen molar-refractivity contribution in [2.75, 3.05) is 38.1 Å². The third-order valence-electron chi connectivity index (χ3n) is 5.50. The van der Waals surface area contributed by atoms with Crippen molar-refractivity contribution in [2.45, 2.75) is 30.8 Å². The van der Waals surface area contributed by atoms with E-state index in [1.165, 1.54) is 0 Å². The van der Waals surface area contributed by atoms with Crippen molar-refractivity contribution < 1.29 is 14.3 Å². The number of amides is 2. The van der Waals surface area contributed by atoms with Gasteiger partial charge in [-0.15, -0.1) is 0 Å². The van der Waals surface area contributed by atoms with Gasteiger partial charge in [-0.25, -0.2) is 0 Å². The Balaban J connectivity index is 1.41. The normalized spacial score (nSPS) is 25.4. The van der Waals surface area contributed by atoms with Crippen LogP contribution in [0.3, 0.4) is 0 Å². The average molecular weight is 329 g/mol. The number of benzene rings is 1. The number of nitrogens with zero attached hydrogens (tertiary/aromatic N) is 1. The summed E-state index contributed by atoms with van der Waals surface area (Å²) in [7, 11) is 0. The maximum Gasteiger partial charge on any atom is 0.235 e. The van der Waals surface area contributed by atoms with Gasteiger partial charge in [0.05, 0.1) is 24.5 Å². The second-order valence-electron chi connectivity index (χ2n) is 6.86. The number of carbonyl (C=O) groups is 2. The Morgan fingerprint density at radius 1 is 1.29 bits per heavy atom. The Kier molecular flexibility index (Phi) is 4.02. The molecule has 0 bridgehead atoms. The Morgan fingerprint density at radius 2 is 2.08 bits per heavy atom. The highest BCUT2D eigenvalue weighted by molar-refractivity contribution is 6.06. The minimum atomic E-state index is -0.462. The molecule has 1 atom stereocenters. The highest BCUT2D eigenvalue weighted by Crippen LogP contribution is 2.44. The summed E-state index contributed by atoms with van der Waals surface area (Å²) in [5, 5.41) is 6.25. The van der Waals surface area contributed by atoms with E-state index < -0.39 is 5.41 Å². The monoisotopic (exact) mass is 329 g/mol. The highest BCUT2D eigenvalue weighted by atomic mass is 16.5. The number of fused-ring (bicyclic) bond motifs is 2. The van der Waals surface area contributed by atoms with Crippen LogP contribution in [0.25, 0.3) is 0 Å². The Labute approximate surface area is 141 Å². The number of hydrogen-bond donors (Lipinski definition) is 2. The van der Waals surface area contributed by atoms with Crippen LogP contribution >= 0.6 is 0 Å². The second kappa shape index (κ2) is 6.18. The Hall–Kier alpha value is -1.92. The number of carbonyl (C=O) groups excluding carboxylic acids is 2. The Morgan fingerprint density at radius 3 is 2.83 bits per heavy atom. The zero-order valence-electron chi connectivity index (χ0n) is 13.7. The van der Waals surface area contributed by atoms with E-state index in [1.807, 2.05) is 29.2 Å². The first-order valence-electron chi connectivity index (χ1n) is 8.70. The first-order chi connectivity index (χ1) is 11.7. The molecule has 128 valence electrons. The molecule has 1 spiro atoms. The van der Waals surface area contributed by atoms with Gasteiger partial charge in [0, 0.05) is 31.9 Å². The predicted molar refractivity (Wildman–Crippen MR) is 89.8 cm³/mol. The minimum Gasteiger partial charge on any atom is -0.375 e. The lowest BCUT2D eigenvalue weighted by Gasteiger charge is -2.38. The first kappa shape index (κ1) is 15.6. The van der Waals surface area contributed by atoms with Crippen LogP contribution < -0.4 is 10.6 Å². The molecular weight excluding hydrogens is 306 g/mol. The van der Waals surface area contributed by atoms with Crippen LogP contribution in [0.1, 0.15) is 24.8 Å². The zero-order chi connectivity index (χ0) is 16.6. The van der Waals surface area contributed by atoms with Crippen LogP contribution in [0.15, 0.2) is 24.3 Å². The highest BCUT2D eigenvalue weighted by Gasteiger charge is 2.48. The molecule has 3 aliphatic heterocycles. The number of rotatable bonds is 2. The fourth-order valence-electron chi connectivity index (χ4n) is 4.08. The van der Waals surface area contributed by atoms with E-state index in [2.05, 4.69) is 10.6 Å². The smallest absolute Gasteiger partial charge is 0.235 e. The fourth-order valence-corrected chi connectivity index (χ4v) is 4.08. The van der Waals surface area contributed by atoms with Gasteiger partial charge in [-0.05, 0) is 24.5 Å². The van der Waals surface area contributed by atoms with E-state index in [0.717, 1.165) is 24.3 Å². The number of morpholine rings is 1. The molecule has 4 rings (SSSR count). The molecule has 3 heterocycles. The van der Waals surface area contributed by atoms with E-state index in [-0.39, 0.29) is 17.9 Å². The van der Waals surface area contributed by atoms with Gasteiger partial charge in [-0.1, -0.05) is 18.2 Å². The van der Waals surface area contributed by atoms with E-state index in [4.69, 9.17) is 4.74 Å². The Bertz CT molecular complexity index is 647. The van der Waals surface area contributed by atoms with E-state index >= 15 is 0 Å². The zero-order valence-corrected chi connectivity index (χ0v) is 13.7. The molecule has 0 unspecified atom stereocenters. The molecule has 2 saturated heterocycles. The van der Waals surface area contributed by atoms with Crippen molar-refractivity contribution in [3.63, 3.8) is 0 Å². The number of nitrogens with one attached hydrogen (secondary N) is 2. The molecule has 1 aromatic rings. The predicted octanol–water partition coefficient (Wildman–Crippen LogP) is 0.877. The molecule has 2 N–H and O–H groups in total. The van der Waals surface area contributed by atoms with E-state index in [9.17, 15) is 9.59 Å². The van der Waals surface area contributed by atoms with Crippen LogP contribution in [0, 0.1) is 0 Å². The van der Waals surface area contributed by atoms with Crippen LogP contribution in [0.2, 0.25) is 0 Å². The van der Waals surface area contributed by atoms with Crippen molar-refractivity contribution in [3.8, 4) is 0 Å². The number of anilines is 1. The summed E-state index contributed by atoms with van der Waals surface area (Å²) in [5.74, 6) is 0.209.